The molecule has 0 saturated heterocycles. The number of hydrogen-bond acceptors (Lipinski definition) is 3. The fourth-order valence-electron chi connectivity index (χ4n) is 3.33. The Hall–Kier alpha value is -3.60. The summed E-state index contributed by atoms with van der Waals surface area (Å²) < 4.78 is 5.35. The van der Waals surface area contributed by atoms with Gasteiger partial charge < -0.3 is 15.4 Å². The van der Waals surface area contributed by atoms with Crippen LogP contribution in [0.1, 0.15) is 71.4 Å². The molecule has 0 unspecified atom stereocenters. The van der Waals surface area contributed by atoms with Gasteiger partial charge in [-0.2, -0.15) is 0 Å². The van der Waals surface area contributed by atoms with E-state index in [-0.39, 0.29) is 11.8 Å². The molecule has 0 spiro atoms. The third-order valence-electron chi connectivity index (χ3n) is 5.38. The maximum atomic E-state index is 12.9. The van der Waals surface area contributed by atoms with E-state index in [4.69, 9.17) is 4.74 Å². The molecular weight excluding hydrogens is 400 g/mol. The summed E-state index contributed by atoms with van der Waals surface area (Å²) in [6.07, 6.45) is 0. The molecule has 5 nitrogen and oxygen atoms in total. The van der Waals surface area contributed by atoms with Crippen LogP contribution in [0.4, 0.5) is 11.4 Å². The van der Waals surface area contributed by atoms with Gasteiger partial charge in [-0.25, -0.2) is 0 Å². The second-order valence-corrected chi connectivity index (χ2v) is 8.38. The zero-order valence-electron chi connectivity index (χ0n) is 19.2. The highest BCUT2D eigenvalue weighted by Gasteiger charge is 2.17. The molecule has 32 heavy (non-hydrogen) atoms. The third kappa shape index (κ3) is 5.55. The van der Waals surface area contributed by atoms with Crippen LogP contribution in [-0.4, -0.2) is 18.9 Å². The average Bonchev–Trinajstić information content (AvgIpc) is 2.79. The van der Waals surface area contributed by atoms with E-state index < -0.39 is 0 Å². The van der Waals surface area contributed by atoms with Gasteiger partial charge in [0.15, 0.2) is 0 Å². The molecule has 166 valence electrons. The molecule has 0 saturated carbocycles. The Labute approximate surface area is 189 Å². The summed E-state index contributed by atoms with van der Waals surface area (Å²) in [4.78, 5) is 25.7. The summed E-state index contributed by atoms with van der Waals surface area (Å²) in [5.74, 6) is 0.607. The van der Waals surface area contributed by atoms with Gasteiger partial charge >= 0.3 is 0 Å². The maximum absolute atomic E-state index is 12.9. The highest BCUT2D eigenvalue weighted by Crippen LogP contribution is 2.24. The zero-order valence-corrected chi connectivity index (χ0v) is 19.2. The Bertz CT molecular complexity index is 1080. The van der Waals surface area contributed by atoms with Crippen molar-refractivity contribution in [3.63, 3.8) is 0 Å². The second-order valence-electron chi connectivity index (χ2n) is 8.38. The molecule has 3 aromatic carbocycles. The number of ether oxygens (including phenoxy) is 1. The number of carbonyl (C=O) groups is 2. The SMILES string of the molecule is COc1ccc(C(=O)Nc2ccc(C(C)C)cc2)cc1C(=O)Nc1ccc(C(C)C)cc1. The first-order valence-corrected chi connectivity index (χ1v) is 10.8. The molecule has 0 radical (unpaired) electrons. The van der Waals surface area contributed by atoms with Crippen LogP contribution in [0.15, 0.2) is 66.7 Å². The topological polar surface area (TPSA) is 67.4 Å². The van der Waals surface area contributed by atoms with E-state index in [9.17, 15) is 9.59 Å². The number of methoxy groups -OCH3 is 1. The summed E-state index contributed by atoms with van der Waals surface area (Å²) >= 11 is 0. The standard InChI is InChI=1S/C27H30N2O3/c1-17(2)19-6-11-22(12-7-19)28-26(30)21-10-15-25(32-5)24(16-21)27(31)29-23-13-8-20(9-14-23)18(3)4/h6-18H,1-5H3,(H,28,30)(H,29,31). The summed E-state index contributed by atoms with van der Waals surface area (Å²) in [5.41, 5.74) is 4.45. The monoisotopic (exact) mass is 430 g/mol. The van der Waals surface area contributed by atoms with Crippen molar-refractivity contribution < 1.29 is 14.3 Å². The van der Waals surface area contributed by atoms with Gasteiger partial charge in [0.25, 0.3) is 11.8 Å². The lowest BCUT2D eigenvalue weighted by atomic mass is 10.0. The van der Waals surface area contributed by atoms with Gasteiger partial charge in [0.1, 0.15) is 5.75 Å². The first-order chi connectivity index (χ1) is 15.3. The third-order valence-corrected chi connectivity index (χ3v) is 5.38. The molecule has 0 aromatic heterocycles. The largest absolute Gasteiger partial charge is 0.496 e. The lowest BCUT2D eigenvalue weighted by Gasteiger charge is -2.13. The number of anilines is 2. The van der Waals surface area contributed by atoms with E-state index in [1.54, 1.807) is 18.2 Å². The second kappa shape index (κ2) is 10.1. The van der Waals surface area contributed by atoms with Gasteiger partial charge in [0.2, 0.25) is 0 Å². The summed E-state index contributed by atoms with van der Waals surface area (Å²) in [6, 6.07) is 20.3. The van der Waals surface area contributed by atoms with Crippen molar-refractivity contribution in [3.8, 4) is 5.75 Å². The predicted molar refractivity (Wildman–Crippen MR) is 130 cm³/mol. The lowest BCUT2D eigenvalue weighted by molar-refractivity contribution is 0.102. The number of hydrogen-bond donors (Lipinski definition) is 2. The van der Waals surface area contributed by atoms with E-state index in [1.165, 1.54) is 18.2 Å². The van der Waals surface area contributed by atoms with Crippen LogP contribution in [0.25, 0.3) is 0 Å². The van der Waals surface area contributed by atoms with Gasteiger partial charge in [-0.15, -0.1) is 0 Å². The minimum atomic E-state index is -0.338. The summed E-state index contributed by atoms with van der Waals surface area (Å²) in [6.45, 7) is 8.48. The van der Waals surface area contributed by atoms with Gasteiger partial charge in [0, 0.05) is 16.9 Å². The highest BCUT2D eigenvalue weighted by atomic mass is 16.5. The Kier molecular flexibility index (Phi) is 7.31. The van der Waals surface area contributed by atoms with Gasteiger partial charge in [-0.3, -0.25) is 9.59 Å². The van der Waals surface area contributed by atoms with Gasteiger partial charge in [0.05, 0.1) is 12.7 Å². The van der Waals surface area contributed by atoms with Crippen LogP contribution in [0, 0.1) is 0 Å². The van der Waals surface area contributed by atoms with Crippen molar-refractivity contribution in [2.24, 2.45) is 0 Å². The van der Waals surface area contributed by atoms with Gasteiger partial charge in [-0.1, -0.05) is 52.0 Å². The van der Waals surface area contributed by atoms with E-state index in [1.807, 2.05) is 48.5 Å². The lowest BCUT2D eigenvalue weighted by Crippen LogP contribution is -2.16. The molecule has 0 aliphatic heterocycles. The van der Waals surface area contributed by atoms with Crippen molar-refractivity contribution >= 4 is 23.2 Å². The normalized spacial score (nSPS) is 10.8. The Morgan fingerprint density at radius 2 is 1.16 bits per heavy atom. The fourth-order valence-corrected chi connectivity index (χ4v) is 3.33. The smallest absolute Gasteiger partial charge is 0.259 e. The van der Waals surface area contributed by atoms with E-state index >= 15 is 0 Å². The Morgan fingerprint density at radius 1 is 0.688 bits per heavy atom. The van der Waals surface area contributed by atoms with Crippen LogP contribution in [0.3, 0.4) is 0 Å². The predicted octanol–water partition coefficient (Wildman–Crippen LogP) is 6.45. The van der Waals surface area contributed by atoms with Crippen LogP contribution >= 0.6 is 0 Å². The summed E-state index contributed by atoms with van der Waals surface area (Å²) in [7, 11) is 1.50. The Balaban J connectivity index is 1.78. The van der Waals surface area contributed by atoms with Crippen molar-refractivity contribution in [2.75, 3.05) is 17.7 Å². The molecule has 0 bridgehead atoms. The van der Waals surface area contributed by atoms with Crippen LogP contribution < -0.4 is 15.4 Å². The van der Waals surface area contributed by atoms with Crippen LogP contribution in [-0.2, 0) is 0 Å². The maximum Gasteiger partial charge on any atom is 0.259 e. The zero-order chi connectivity index (χ0) is 23.3. The number of benzene rings is 3. The van der Waals surface area contributed by atoms with Crippen molar-refractivity contribution in [3.05, 3.63) is 89.0 Å². The fraction of sp³-hybridized carbons (Fsp3) is 0.259. The number of rotatable bonds is 7. The molecular formula is C27H30N2O3. The highest BCUT2D eigenvalue weighted by molar-refractivity contribution is 6.10. The first kappa shape index (κ1) is 23.1. The molecule has 3 aromatic rings. The number of carbonyl (C=O) groups excluding carboxylic acids is 2. The molecule has 5 heteroatoms. The molecule has 0 aliphatic carbocycles. The molecule has 3 rings (SSSR count). The number of amides is 2. The minimum Gasteiger partial charge on any atom is -0.496 e. The van der Waals surface area contributed by atoms with E-state index in [0.29, 0.717) is 40.1 Å². The Morgan fingerprint density at radius 3 is 1.59 bits per heavy atom. The first-order valence-electron chi connectivity index (χ1n) is 10.8. The molecule has 2 N–H and O–H groups in total. The minimum absolute atomic E-state index is 0.291. The van der Waals surface area contributed by atoms with E-state index in [0.717, 1.165) is 0 Å². The van der Waals surface area contributed by atoms with Crippen LogP contribution in [0.2, 0.25) is 0 Å². The van der Waals surface area contributed by atoms with Crippen LogP contribution in [0.5, 0.6) is 5.75 Å². The molecule has 0 heterocycles. The van der Waals surface area contributed by atoms with Crippen molar-refractivity contribution in [1.29, 1.82) is 0 Å². The molecule has 0 atom stereocenters. The molecule has 0 aliphatic rings. The molecule has 0 fully saturated rings. The van der Waals surface area contributed by atoms with Crippen molar-refractivity contribution in [2.45, 2.75) is 39.5 Å². The van der Waals surface area contributed by atoms with E-state index in [2.05, 4.69) is 38.3 Å². The quantitative estimate of drug-likeness (QED) is 0.453. The van der Waals surface area contributed by atoms with Crippen molar-refractivity contribution in [1.82, 2.24) is 0 Å². The summed E-state index contributed by atoms with van der Waals surface area (Å²) in [5, 5.41) is 5.76. The molecule has 2 amide bonds. The number of nitrogens with one attached hydrogen (secondary N) is 2. The average molecular weight is 431 g/mol. The van der Waals surface area contributed by atoms with Gasteiger partial charge in [-0.05, 0) is 65.4 Å².